The molecule has 126 valence electrons. The monoisotopic (exact) mass is 336 g/mol. The van der Waals surface area contributed by atoms with E-state index < -0.39 is 0 Å². The van der Waals surface area contributed by atoms with E-state index in [4.69, 9.17) is 17.0 Å². The highest BCUT2D eigenvalue weighted by Gasteiger charge is 2.09. The third-order valence-corrected chi connectivity index (χ3v) is 3.88. The Bertz CT molecular complexity index is 527. The van der Waals surface area contributed by atoms with Crippen LogP contribution >= 0.6 is 12.2 Å². The van der Waals surface area contributed by atoms with Gasteiger partial charge in [0.2, 0.25) is 0 Å². The number of benzene rings is 1. The fourth-order valence-electron chi connectivity index (χ4n) is 2.31. The number of thiocarbonyl (C=S) groups is 1. The smallest absolute Gasteiger partial charge is 0.187 e. The van der Waals surface area contributed by atoms with E-state index >= 15 is 0 Å². The molecule has 0 bridgehead atoms. The van der Waals surface area contributed by atoms with Crippen LogP contribution in [0.5, 0.6) is 5.75 Å². The Balaban J connectivity index is 1.75. The lowest BCUT2D eigenvalue weighted by Crippen LogP contribution is -2.43. The van der Waals surface area contributed by atoms with Crippen LogP contribution in [-0.4, -0.2) is 60.2 Å². The normalized spacial score (nSPS) is 16.1. The van der Waals surface area contributed by atoms with E-state index in [9.17, 15) is 5.11 Å². The Morgan fingerprint density at radius 2 is 2.00 bits per heavy atom. The highest BCUT2D eigenvalue weighted by atomic mass is 32.1. The van der Waals surface area contributed by atoms with Gasteiger partial charge in [0.25, 0.3) is 0 Å². The van der Waals surface area contributed by atoms with E-state index in [0.717, 1.165) is 57.1 Å². The summed E-state index contributed by atoms with van der Waals surface area (Å²) in [4.78, 5) is 2.34. The molecule has 6 nitrogen and oxygen atoms in total. The van der Waals surface area contributed by atoms with Crippen LogP contribution in [-0.2, 0) is 4.74 Å². The van der Waals surface area contributed by atoms with E-state index in [2.05, 4.69) is 20.7 Å². The first-order valence-electron chi connectivity index (χ1n) is 7.89. The molecule has 7 heteroatoms. The van der Waals surface area contributed by atoms with Gasteiger partial charge in [-0.15, -0.1) is 0 Å². The summed E-state index contributed by atoms with van der Waals surface area (Å²) in [5, 5.41) is 17.4. The molecule has 2 rings (SSSR count). The molecular weight excluding hydrogens is 312 g/mol. The quantitative estimate of drug-likeness (QED) is 0.413. The van der Waals surface area contributed by atoms with Crippen LogP contribution in [0.25, 0.3) is 0 Å². The van der Waals surface area contributed by atoms with Crippen molar-refractivity contribution in [1.29, 1.82) is 0 Å². The SMILES string of the molecule is CC/C(=N\NC(=S)NCCN1CCOCC1)c1ccc(O)cc1. The number of hydrogen-bond donors (Lipinski definition) is 3. The predicted molar refractivity (Wildman–Crippen MR) is 95.9 cm³/mol. The van der Waals surface area contributed by atoms with Crippen LogP contribution in [0.4, 0.5) is 0 Å². The Morgan fingerprint density at radius 1 is 1.30 bits per heavy atom. The summed E-state index contributed by atoms with van der Waals surface area (Å²) in [7, 11) is 0. The zero-order chi connectivity index (χ0) is 16.5. The summed E-state index contributed by atoms with van der Waals surface area (Å²) in [5.74, 6) is 0.248. The molecule has 0 atom stereocenters. The molecule has 3 N–H and O–H groups in total. The Hall–Kier alpha value is -1.70. The maximum atomic E-state index is 9.34. The predicted octanol–water partition coefficient (Wildman–Crippen LogP) is 1.30. The third-order valence-electron chi connectivity index (χ3n) is 3.65. The van der Waals surface area contributed by atoms with Gasteiger partial charge in [0.15, 0.2) is 5.11 Å². The highest BCUT2D eigenvalue weighted by molar-refractivity contribution is 7.80. The third kappa shape index (κ3) is 6.13. The maximum Gasteiger partial charge on any atom is 0.187 e. The molecule has 1 aliphatic rings. The van der Waals surface area contributed by atoms with Crippen LogP contribution in [0.2, 0.25) is 0 Å². The van der Waals surface area contributed by atoms with Crippen LogP contribution in [0, 0.1) is 0 Å². The van der Waals surface area contributed by atoms with Gasteiger partial charge in [-0.05, 0) is 48.5 Å². The number of phenolic OH excluding ortho intramolecular Hbond substituents is 1. The second-order valence-corrected chi connectivity index (χ2v) is 5.69. The topological polar surface area (TPSA) is 69.1 Å². The van der Waals surface area contributed by atoms with Crippen LogP contribution in [0.3, 0.4) is 0 Å². The van der Waals surface area contributed by atoms with Crippen LogP contribution in [0.15, 0.2) is 29.4 Å². The summed E-state index contributed by atoms with van der Waals surface area (Å²) < 4.78 is 5.32. The molecule has 1 heterocycles. The molecule has 1 aliphatic heterocycles. The highest BCUT2D eigenvalue weighted by Crippen LogP contribution is 2.11. The van der Waals surface area contributed by atoms with Gasteiger partial charge >= 0.3 is 0 Å². The van der Waals surface area contributed by atoms with E-state index in [-0.39, 0.29) is 5.75 Å². The van der Waals surface area contributed by atoms with Crippen molar-refractivity contribution in [1.82, 2.24) is 15.6 Å². The molecule has 0 radical (unpaired) electrons. The molecule has 0 saturated carbocycles. The molecule has 0 aromatic heterocycles. The summed E-state index contributed by atoms with van der Waals surface area (Å²) in [6, 6.07) is 6.99. The second kappa shape index (κ2) is 9.44. The van der Waals surface area contributed by atoms with Crippen molar-refractivity contribution in [3.63, 3.8) is 0 Å². The van der Waals surface area contributed by atoms with Crippen molar-refractivity contribution in [2.24, 2.45) is 5.10 Å². The van der Waals surface area contributed by atoms with Crippen molar-refractivity contribution in [2.75, 3.05) is 39.4 Å². The average molecular weight is 336 g/mol. The Kier molecular flexibility index (Phi) is 7.25. The molecule has 1 aromatic rings. The fourth-order valence-corrected chi connectivity index (χ4v) is 2.46. The number of nitrogens with one attached hydrogen (secondary N) is 2. The molecule has 0 spiro atoms. The van der Waals surface area contributed by atoms with E-state index in [1.54, 1.807) is 12.1 Å². The number of rotatable bonds is 6. The van der Waals surface area contributed by atoms with Crippen molar-refractivity contribution in [2.45, 2.75) is 13.3 Å². The second-order valence-electron chi connectivity index (χ2n) is 5.28. The van der Waals surface area contributed by atoms with Gasteiger partial charge in [-0.2, -0.15) is 5.10 Å². The molecular formula is C16H24N4O2S. The van der Waals surface area contributed by atoms with Gasteiger partial charge in [0.1, 0.15) is 5.75 Å². The number of ether oxygens (including phenoxy) is 1. The first-order chi connectivity index (χ1) is 11.2. The van der Waals surface area contributed by atoms with Gasteiger partial charge in [-0.1, -0.05) is 6.92 Å². The largest absolute Gasteiger partial charge is 0.508 e. The number of nitrogens with zero attached hydrogens (tertiary/aromatic N) is 2. The fraction of sp³-hybridized carbons (Fsp3) is 0.500. The minimum Gasteiger partial charge on any atom is -0.508 e. The van der Waals surface area contributed by atoms with E-state index in [1.165, 1.54) is 0 Å². The lowest BCUT2D eigenvalue weighted by atomic mass is 10.1. The van der Waals surface area contributed by atoms with Crippen LogP contribution < -0.4 is 10.7 Å². The van der Waals surface area contributed by atoms with E-state index in [0.29, 0.717) is 5.11 Å². The lowest BCUT2D eigenvalue weighted by molar-refractivity contribution is 0.0389. The molecule has 23 heavy (non-hydrogen) atoms. The van der Waals surface area contributed by atoms with Gasteiger partial charge in [-0.3, -0.25) is 10.3 Å². The molecule has 1 aromatic carbocycles. The van der Waals surface area contributed by atoms with Crippen LogP contribution in [0.1, 0.15) is 18.9 Å². The van der Waals surface area contributed by atoms with Crippen molar-refractivity contribution < 1.29 is 9.84 Å². The Morgan fingerprint density at radius 3 is 2.65 bits per heavy atom. The number of aromatic hydroxyl groups is 1. The maximum absolute atomic E-state index is 9.34. The molecule has 0 aliphatic carbocycles. The molecule has 1 saturated heterocycles. The summed E-state index contributed by atoms with van der Waals surface area (Å²) in [5.41, 5.74) is 4.74. The van der Waals surface area contributed by atoms with Gasteiger partial charge in [0, 0.05) is 26.2 Å². The molecule has 0 amide bonds. The van der Waals surface area contributed by atoms with Gasteiger partial charge < -0.3 is 15.2 Å². The van der Waals surface area contributed by atoms with Gasteiger partial charge in [-0.25, -0.2) is 0 Å². The zero-order valence-corrected chi connectivity index (χ0v) is 14.2. The lowest BCUT2D eigenvalue weighted by Gasteiger charge is -2.26. The Labute approximate surface area is 142 Å². The average Bonchev–Trinajstić information content (AvgIpc) is 2.58. The summed E-state index contributed by atoms with van der Waals surface area (Å²) in [6.45, 7) is 7.30. The molecule has 0 unspecified atom stereocenters. The zero-order valence-electron chi connectivity index (χ0n) is 13.4. The molecule has 1 fully saturated rings. The minimum absolute atomic E-state index is 0.248. The number of hydrogen-bond acceptors (Lipinski definition) is 5. The van der Waals surface area contributed by atoms with Crippen molar-refractivity contribution >= 4 is 23.0 Å². The number of morpholine rings is 1. The first-order valence-corrected chi connectivity index (χ1v) is 8.29. The van der Waals surface area contributed by atoms with Gasteiger partial charge in [0.05, 0.1) is 18.9 Å². The minimum atomic E-state index is 0.248. The van der Waals surface area contributed by atoms with Crippen molar-refractivity contribution in [3.8, 4) is 5.75 Å². The number of phenols is 1. The standard InChI is InChI=1S/C16H24N4O2S/c1-2-15(13-3-5-14(21)6-4-13)18-19-16(23)17-7-8-20-9-11-22-12-10-20/h3-6,21H,2,7-12H2,1H3,(H2,17,19,23)/b18-15+. The summed E-state index contributed by atoms with van der Waals surface area (Å²) >= 11 is 5.25. The number of hydrazone groups is 1. The first kappa shape index (κ1) is 17.7. The van der Waals surface area contributed by atoms with Crippen molar-refractivity contribution in [3.05, 3.63) is 29.8 Å². The summed E-state index contributed by atoms with van der Waals surface area (Å²) in [6.07, 6.45) is 0.772. The van der Waals surface area contributed by atoms with E-state index in [1.807, 2.05) is 19.1 Å².